The van der Waals surface area contributed by atoms with Crippen molar-refractivity contribution in [2.75, 3.05) is 0 Å². The SMILES string of the molecule is CC(C)(C)CC(=N)N.Cl. The number of rotatable bonds is 1. The normalized spacial score (nSPS) is 10.1. The maximum absolute atomic E-state index is 6.93. The molecule has 0 saturated carbocycles. The second-order valence-corrected chi connectivity index (χ2v) is 3.26. The van der Waals surface area contributed by atoms with Crippen LogP contribution in [0.2, 0.25) is 0 Å². The number of amidine groups is 1. The van der Waals surface area contributed by atoms with E-state index >= 15 is 0 Å². The second-order valence-electron chi connectivity index (χ2n) is 3.26. The molecular formula is C6H15ClN2. The Hall–Kier alpha value is -0.240. The van der Waals surface area contributed by atoms with Crippen molar-refractivity contribution < 1.29 is 0 Å². The third kappa shape index (κ3) is 11.4. The third-order valence-corrected chi connectivity index (χ3v) is 0.721. The Morgan fingerprint density at radius 1 is 1.44 bits per heavy atom. The molecule has 0 atom stereocenters. The maximum Gasteiger partial charge on any atom is 0.0910 e. The van der Waals surface area contributed by atoms with E-state index in [4.69, 9.17) is 11.1 Å². The van der Waals surface area contributed by atoms with Crippen LogP contribution in [0.1, 0.15) is 27.2 Å². The molecule has 0 aromatic carbocycles. The molecular weight excluding hydrogens is 136 g/mol. The van der Waals surface area contributed by atoms with Crippen LogP contribution >= 0.6 is 12.4 Å². The molecule has 0 aromatic heterocycles. The summed E-state index contributed by atoms with van der Waals surface area (Å²) in [6, 6.07) is 0. The van der Waals surface area contributed by atoms with E-state index in [1.807, 2.05) is 0 Å². The van der Waals surface area contributed by atoms with Gasteiger partial charge >= 0.3 is 0 Å². The van der Waals surface area contributed by atoms with Crippen molar-refractivity contribution in [3.63, 3.8) is 0 Å². The fourth-order valence-corrected chi connectivity index (χ4v) is 0.571. The average molecular weight is 151 g/mol. The van der Waals surface area contributed by atoms with Crippen LogP contribution in [0.15, 0.2) is 0 Å². The number of hydrogen-bond donors (Lipinski definition) is 2. The van der Waals surface area contributed by atoms with Gasteiger partial charge in [0.25, 0.3) is 0 Å². The van der Waals surface area contributed by atoms with Crippen LogP contribution in [0.25, 0.3) is 0 Å². The smallest absolute Gasteiger partial charge is 0.0910 e. The molecule has 0 bridgehead atoms. The summed E-state index contributed by atoms with van der Waals surface area (Å²) in [5.74, 6) is 0.275. The number of hydrogen-bond acceptors (Lipinski definition) is 1. The summed E-state index contributed by atoms with van der Waals surface area (Å²) in [6.07, 6.45) is 0.688. The zero-order chi connectivity index (χ0) is 6.78. The fraction of sp³-hybridized carbons (Fsp3) is 0.833. The van der Waals surface area contributed by atoms with Gasteiger partial charge in [-0.05, 0) is 5.41 Å². The summed E-state index contributed by atoms with van der Waals surface area (Å²) < 4.78 is 0. The average Bonchev–Trinajstić information content (AvgIpc) is 1.21. The molecule has 0 rings (SSSR count). The van der Waals surface area contributed by atoms with Gasteiger partial charge in [-0.1, -0.05) is 20.8 Å². The molecule has 0 unspecified atom stereocenters. The van der Waals surface area contributed by atoms with Crippen LogP contribution in [0.4, 0.5) is 0 Å². The summed E-state index contributed by atoms with van der Waals surface area (Å²) in [5.41, 5.74) is 5.33. The van der Waals surface area contributed by atoms with Crippen LogP contribution in [-0.4, -0.2) is 5.84 Å². The standard InChI is InChI=1S/C6H14N2.ClH/c1-6(2,3)4-5(7)8;/h4H2,1-3H3,(H3,7,8);1H. The third-order valence-electron chi connectivity index (χ3n) is 0.721. The Morgan fingerprint density at radius 2 is 1.78 bits per heavy atom. The molecule has 0 aliphatic heterocycles. The van der Waals surface area contributed by atoms with Gasteiger partial charge in [0.2, 0.25) is 0 Å². The van der Waals surface area contributed by atoms with Crippen molar-refractivity contribution in [1.29, 1.82) is 5.41 Å². The number of halogens is 1. The minimum absolute atomic E-state index is 0. The van der Waals surface area contributed by atoms with Gasteiger partial charge in [0, 0.05) is 6.42 Å². The molecule has 0 aliphatic rings. The Kier molecular flexibility index (Phi) is 4.77. The van der Waals surface area contributed by atoms with Crippen molar-refractivity contribution >= 4 is 18.2 Å². The first kappa shape index (κ1) is 11.5. The largest absolute Gasteiger partial charge is 0.388 e. The Morgan fingerprint density at radius 3 is 1.78 bits per heavy atom. The minimum Gasteiger partial charge on any atom is -0.388 e. The van der Waals surface area contributed by atoms with Gasteiger partial charge in [0.1, 0.15) is 0 Å². The van der Waals surface area contributed by atoms with Crippen molar-refractivity contribution in [1.82, 2.24) is 0 Å². The lowest BCUT2D eigenvalue weighted by atomic mass is 9.92. The van der Waals surface area contributed by atoms with E-state index in [1.165, 1.54) is 0 Å². The predicted molar refractivity (Wildman–Crippen MR) is 43.2 cm³/mol. The number of nitrogens with one attached hydrogen (secondary N) is 1. The highest BCUT2D eigenvalue weighted by atomic mass is 35.5. The summed E-state index contributed by atoms with van der Waals surface area (Å²) in [4.78, 5) is 0. The molecule has 0 amide bonds. The quantitative estimate of drug-likeness (QED) is 0.435. The summed E-state index contributed by atoms with van der Waals surface area (Å²) in [5, 5.41) is 6.93. The zero-order valence-corrected chi connectivity index (χ0v) is 7.01. The Bertz CT molecular complexity index is 93.7. The van der Waals surface area contributed by atoms with E-state index in [0.717, 1.165) is 0 Å². The molecule has 0 aromatic rings. The first-order chi connectivity index (χ1) is 3.42. The van der Waals surface area contributed by atoms with Crippen LogP contribution in [-0.2, 0) is 0 Å². The van der Waals surface area contributed by atoms with Gasteiger partial charge in [0.15, 0.2) is 0 Å². The minimum atomic E-state index is 0. The molecule has 56 valence electrons. The summed E-state index contributed by atoms with van der Waals surface area (Å²) in [6.45, 7) is 6.19. The van der Waals surface area contributed by atoms with Crippen LogP contribution in [0, 0.1) is 10.8 Å². The van der Waals surface area contributed by atoms with E-state index < -0.39 is 0 Å². The summed E-state index contributed by atoms with van der Waals surface area (Å²) in [7, 11) is 0. The maximum atomic E-state index is 6.93. The lowest BCUT2D eigenvalue weighted by molar-refractivity contribution is 0.432. The van der Waals surface area contributed by atoms with E-state index in [0.29, 0.717) is 6.42 Å². The second kappa shape index (κ2) is 3.72. The Labute approximate surface area is 62.7 Å². The van der Waals surface area contributed by atoms with Gasteiger partial charge in [-0.15, -0.1) is 12.4 Å². The predicted octanol–water partition coefficient (Wildman–Crippen LogP) is 1.78. The van der Waals surface area contributed by atoms with Crippen molar-refractivity contribution in [3.05, 3.63) is 0 Å². The molecule has 0 fully saturated rings. The monoisotopic (exact) mass is 150 g/mol. The molecule has 3 heteroatoms. The van der Waals surface area contributed by atoms with E-state index in [1.54, 1.807) is 0 Å². The van der Waals surface area contributed by atoms with Gasteiger partial charge in [-0.2, -0.15) is 0 Å². The van der Waals surface area contributed by atoms with Crippen LogP contribution in [0.5, 0.6) is 0 Å². The van der Waals surface area contributed by atoms with E-state index in [-0.39, 0.29) is 23.7 Å². The summed E-state index contributed by atoms with van der Waals surface area (Å²) >= 11 is 0. The van der Waals surface area contributed by atoms with Gasteiger partial charge < -0.3 is 5.73 Å². The van der Waals surface area contributed by atoms with E-state index in [9.17, 15) is 0 Å². The highest BCUT2D eigenvalue weighted by molar-refractivity contribution is 5.85. The van der Waals surface area contributed by atoms with E-state index in [2.05, 4.69) is 20.8 Å². The molecule has 0 heterocycles. The van der Waals surface area contributed by atoms with Gasteiger partial charge in [0.05, 0.1) is 5.84 Å². The first-order valence-corrected chi connectivity index (χ1v) is 2.75. The molecule has 0 saturated heterocycles. The Balaban J connectivity index is 0. The number of nitrogens with two attached hydrogens (primary N) is 1. The molecule has 0 radical (unpaired) electrons. The molecule has 2 nitrogen and oxygen atoms in total. The molecule has 0 spiro atoms. The highest BCUT2D eigenvalue weighted by Gasteiger charge is 2.10. The molecule has 9 heavy (non-hydrogen) atoms. The van der Waals surface area contributed by atoms with Crippen molar-refractivity contribution in [3.8, 4) is 0 Å². The zero-order valence-electron chi connectivity index (χ0n) is 6.19. The lowest BCUT2D eigenvalue weighted by Gasteiger charge is -2.15. The molecule has 0 aliphatic carbocycles. The first-order valence-electron chi connectivity index (χ1n) is 2.75. The fourth-order valence-electron chi connectivity index (χ4n) is 0.571. The van der Waals surface area contributed by atoms with Gasteiger partial charge in [-0.25, -0.2) is 0 Å². The van der Waals surface area contributed by atoms with Crippen LogP contribution < -0.4 is 5.73 Å². The van der Waals surface area contributed by atoms with Crippen molar-refractivity contribution in [2.45, 2.75) is 27.2 Å². The topological polar surface area (TPSA) is 49.9 Å². The molecule has 3 N–H and O–H groups in total. The highest BCUT2D eigenvalue weighted by Crippen LogP contribution is 2.16. The van der Waals surface area contributed by atoms with Gasteiger partial charge in [-0.3, -0.25) is 5.41 Å². The lowest BCUT2D eigenvalue weighted by Crippen LogP contribution is -2.18. The van der Waals surface area contributed by atoms with Crippen molar-refractivity contribution in [2.24, 2.45) is 11.1 Å². The van der Waals surface area contributed by atoms with Crippen LogP contribution in [0.3, 0.4) is 0 Å².